The number of piperidine rings is 1. The second kappa shape index (κ2) is 5.62. The zero-order valence-corrected chi connectivity index (χ0v) is 12.3. The number of ether oxygens (including phenoxy) is 2. The fourth-order valence-corrected chi connectivity index (χ4v) is 3.96. The summed E-state index contributed by atoms with van der Waals surface area (Å²) in [7, 11) is 3.38. The van der Waals surface area contributed by atoms with E-state index < -0.39 is 0 Å². The van der Waals surface area contributed by atoms with Crippen LogP contribution >= 0.6 is 0 Å². The zero-order valence-electron chi connectivity index (χ0n) is 12.3. The number of methoxy groups -OCH3 is 2. The number of nitrogens with zero attached hydrogens (tertiary/aromatic N) is 1. The highest BCUT2D eigenvalue weighted by atomic mass is 16.5. The van der Waals surface area contributed by atoms with Crippen LogP contribution in [0.1, 0.15) is 30.9 Å². The number of benzene rings is 1. The van der Waals surface area contributed by atoms with Crippen LogP contribution in [0.3, 0.4) is 0 Å². The minimum absolute atomic E-state index is 0.232. The van der Waals surface area contributed by atoms with Gasteiger partial charge in [-0.05, 0) is 31.2 Å². The quantitative estimate of drug-likeness (QED) is 0.895. The van der Waals surface area contributed by atoms with Gasteiger partial charge < -0.3 is 15.2 Å². The Morgan fingerprint density at radius 3 is 2.70 bits per heavy atom. The summed E-state index contributed by atoms with van der Waals surface area (Å²) in [5.74, 6) is 2.48. The minimum atomic E-state index is 0.232. The first-order chi connectivity index (χ1) is 9.78. The average Bonchev–Trinajstić information content (AvgIpc) is 3.10. The van der Waals surface area contributed by atoms with Crippen molar-refractivity contribution in [1.82, 2.24) is 4.90 Å². The van der Waals surface area contributed by atoms with Crippen molar-refractivity contribution in [2.24, 2.45) is 11.7 Å². The van der Waals surface area contributed by atoms with Gasteiger partial charge in [0, 0.05) is 24.7 Å². The highest BCUT2D eigenvalue weighted by molar-refractivity contribution is 5.48. The summed E-state index contributed by atoms with van der Waals surface area (Å²) in [5, 5.41) is 0. The Labute approximate surface area is 120 Å². The number of likely N-dealkylation sites (tertiary alicyclic amines) is 1. The molecule has 0 spiro atoms. The second-order valence-electron chi connectivity index (χ2n) is 5.86. The molecule has 2 aliphatic rings. The topological polar surface area (TPSA) is 47.7 Å². The molecular weight excluding hydrogens is 252 g/mol. The maximum atomic E-state index is 6.09. The molecule has 3 unspecified atom stereocenters. The molecule has 2 bridgehead atoms. The van der Waals surface area contributed by atoms with E-state index in [9.17, 15) is 0 Å². The van der Waals surface area contributed by atoms with Crippen molar-refractivity contribution in [2.45, 2.75) is 31.3 Å². The van der Waals surface area contributed by atoms with Crippen LogP contribution in [0.4, 0.5) is 0 Å². The van der Waals surface area contributed by atoms with Gasteiger partial charge in [-0.15, -0.1) is 0 Å². The van der Waals surface area contributed by atoms with E-state index >= 15 is 0 Å². The lowest BCUT2D eigenvalue weighted by atomic mass is 10.0. The van der Waals surface area contributed by atoms with E-state index in [2.05, 4.69) is 11.0 Å². The van der Waals surface area contributed by atoms with Gasteiger partial charge in [0.1, 0.15) is 0 Å². The molecule has 20 heavy (non-hydrogen) atoms. The lowest BCUT2D eigenvalue weighted by Gasteiger charge is -2.35. The Kier molecular flexibility index (Phi) is 3.85. The van der Waals surface area contributed by atoms with E-state index in [0.29, 0.717) is 12.6 Å². The van der Waals surface area contributed by atoms with Crippen LogP contribution in [0.2, 0.25) is 0 Å². The monoisotopic (exact) mass is 276 g/mol. The molecule has 1 saturated carbocycles. The molecule has 1 aromatic carbocycles. The average molecular weight is 276 g/mol. The van der Waals surface area contributed by atoms with Crippen molar-refractivity contribution in [1.29, 1.82) is 0 Å². The maximum Gasteiger partial charge on any atom is 0.165 e. The fraction of sp³-hybridized carbons (Fsp3) is 0.625. The summed E-state index contributed by atoms with van der Waals surface area (Å²) in [6, 6.07) is 7.00. The Morgan fingerprint density at radius 2 is 2.15 bits per heavy atom. The van der Waals surface area contributed by atoms with Gasteiger partial charge in [-0.3, -0.25) is 4.90 Å². The van der Waals surface area contributed by atoms with Gasteiger partial charge in [0.25, 0.3) is 0 Å². The number of fused-ring (bicyclic) bond motifs is 2. The van der Waals surface area contributed by atoms with Crippen molar-refractivity contribution in [3.05, 3.63) is 23.8 Å². The van der Waals surface area contributed by atoms with Gasteiger partial charge >= 0.3 is 0 Å². The zero-order chi connectivity index (χ0) is 14.1. The van der Waals surface area contributed by atoms with Gasteiger partial charge in [0.2, 0.25) is 0 Å². The smallest absolute Gasteiger partial charge is 0.165 e. The van der Waals surface area contributed by atoms with E-state index in [0.717, 1.165) is 23.0 Å². The first-order valence-corrected chi connectivity index (χ1v) is 7.45. The molecule has 4 nitrogen and oxygen atoms in total. The molecule has 4 heteroatoms. The summed E-state index contributed by atoms with van der Waals surface area (Å²) in [6.45, 7) is 1.79. The normalized spacial score (nSPS) is 26.8. The number of rotatable bonds is 5. The lowest BCUT2D eigenvalue weighted by molar-refractivity contribution is 0.150. The Morgan fingerprint density at radius 1 is 1.30 bits per heavy atom. The number of nitrogens with two attached hydrogens (primary N) is 1. The van der Waals surface area contributed by atoms with Crippen molar-refractivity contribution in [3.63, 3.8) is 0 Å². The van der Waals surface area contributed by atoms with Gasteiger partial charge in [0.05, 0.1) is 20.3 Å². The molecule has 0 amide bonds. The maximum absolute atomic E-state index is 6.09. The molecule has 3 rings (SSSR count). The molecule has 1 aliphatic heterocycles. The molecule has 0 radical (unpaired) electrons. The molecular formula is C16H24N2O2. The van der Waals surface area contributed by atoms with Crippen molar-refractivity contribution < 1.29 is 9.47 Å². The lowest BCUT2D eigenvalue weighted by Crippen LogP contribution is -2.39. The van der Waals surface area contributed by atoms with Crippen LogP contribution in [-0.4, -0.2) is 38.3 Å². The van der Waals surface area contributed by atoms with Crippen LogP contribution in [-0.2, 0) is 0 Å². The largest absolute Gasteiger partial charge is 0.493 e. The predicted octanol–water partition coefficient (Wildman–Crippen LogP) is 2.19. The number of para-hydroxylation sites is 1. The third-order valence-corrected chi connectivity index (χ3v) is 4.87. The first kappa shape index (κ1) is 13.7. The molecule has 2 N–H and O–H groups in total. The summed E-state index contributed by atoms with van der Waals surface area (Å²) in [4.78, 5) is 2.57. The van der Waals surface area contributed by atoms with Crippen LogP contribution in [0.5, 0.6) is 11.5 Å². The van der Waals surface area contributed by atoms with E-state index in [-0.39, 0.29) is 6.04 Å². The summed E-state index contributed by atoms with van der Waals surface area (Å²) < 4.78 is 11.0. The molecule has 1 heterocycles. The van der Waals surface area contributed by atoms with Crippen molar-refractivity contribution in [2.75, 3.05) is 27.3 Å². The van der Waals surface area contributed by atoms with Crippen molar-refractivity contribution >= 4 is 0 Å². The molecule has 110 valence electrons. The molecule has 3 atom stereocenters. The van der Waals surface area contributed by atoms with E-state index in [4.69, 9.17) is 15.2 Å². The standard InChI is InChI=1S/C16H24N2O2/c1-19-15-5-3-4-13(16(15)20-2)14(9-17)18-10-11-6-7-12(18)8-11/h3-5,11-12,14H,6-10,17H2,1-2H3. The molecule has 0 aromatic heterocycles. The van der Waals surface area contributed by atoms with Crippen LogP contribution in [0, 0.1) is 5.92 Å². The minimum Gasteiger partial charge on any atom is -0.493 e. The third-order valence-electron chi connectivity index (χ3n) is 4.87. The fourth-order valence-electron chi connectivity index (χ4n) is 3.96. The van der Waals surface area contributed by atoms with Crippen LogP contribution in [0.15, 0.2) is 18.2 Å². The highest BCUT2D eigenvalue weighted by Crippen LogP contribution is 2.44. The van der Waals surface area contributed by atoms with E-state index in [1.54, 1.807) is 14.2 Å². The van der Waals surface area contributed by atoms with Gasteiger partial charge in [-0.1, -0.05) is 12.1 Å². The van der Waals surface area contributed by atoms with E-state index in [1.165, 1.54) is 25.8 Å². The highest BCUT2D eigenvalue weighted by Gasteiger charge is 2.41. The van der Waals surface area contributed by atoms with Crippen LogP contribution in [0.25, 0.3) is 0 Å². The first-order valence-electron chi connectivity index (χ1n) is 7.45. The molecule has 2 fully saturated rings. The summed E-state index contributed by atoms with van der Waals surface area (Å²) >= 11 is 0. The SMILES string of the molecule is COc1cccc(C(CN)N2CC3CCC2C3)c1OC. The number of hydrogen-bond donors (Lipinski definition) is 1. The Bertz CT molecular complexity index is 478. The van der Waals surface area contributed by atoms with Gasteiger partial charge in [-0.2, -0.15) is 0 Å². The number of hydrogen-bond acceptors (Lipinski definition) is 4. The van der Waals surface area contributed by atoms with Crippen molar-refractivity contribution in [3.8, 4) is 11.5 Å². The van der Waals surface area contributed by atoms with Crippen LogP contribution < -0.4 is 15.2 Å². The predicted molar refractivity (Wildman–Crippen MR) is 79.2 cm³/mol. The second-order valence-corrected chi connectivity index (χ2v) is 5.86. The molecule has 1 aromatic rings. The Hall–Kier alpha value is -1.26. The Balaban J connectivity index is 1.93. The van der Waals surface area contributed by atoms with Gasteiger partial charge in [-0.25, -0.2) is 0 Å². The molecule has 1 saturated heterocycles. The molecule has 1 aliphatic carbocycles. The van der Waals surface area contributed by atoms with E-state index in [1.807, 2.05) is 12.1 Å². The third kappa shape index (κ3) is 2.17. The summed E-state index contributed by atoms with van der Waals surface area (Å²) in [6.07, 6.45) is 4.03. The summed E-state index contributed by atoms with van der Waals surface area (Å²) in [5.41, 5.74) is 7.25. The van der Waals surface area contributed by atoms with Gasteiger partial charge in [0.15, 0.2) is 11.5 Å².